The van der Waals surface area contributed by atoms with Gasteiger partial charge in [0.2, 0.25) is 0 Å². The smallest absolute Gasteiger partial charge is 0.314 e. The first-order valence-electron chi connectivity index (χ1n) is 33.8. The molecular formula is C78H80N10O16S. The Bertz CT molecular complexity index is 4680. The Morgan fingerprint density at radius 3 is 1.50 bits per heavy atom. The van der Waals surface area contributed by atoms with Gasteiger partial charge < -0.3 is 74.1 Å². The fraction of sp³-hybridized carbons (Fsp3) is 0.321. The zero-order valence-electron chi connectivity index (χ0n) is 58.3. The fourth-order valence-corrected chi connectivity index (χ4v) is 11.6. The van der Waals surface area contributed by atoms with E-state index in [0.717, 1.165) is 61.9 Å². The highest BCUT2D eigenvalue weighted by molar-refractivity contribution is 7.90. The number of aliphatic hydroxyl groups excluding tert-OH is 1. The maximum absolute atomic E-state index is 12.2. The fourth-order valence-electron chi connectivity index (χ4n) is 11.2. The average Bonchev–Trinajstić information content (AvgIpc) is 0.803. The van der Waals surface area contributed by atoms with Gasteiger partial charge in [0, 0.05) is 122 Å². The zero-order chi connectivity index (χ0) is 74.5. The number of carbonyl (C=O) groups is 3. The molecular weight excluding hydrogens is 1360 g/mol. The molecule has 0 aliphatic carbocycles. The predicted octanol–water partition coefficient (Wildman–Crippen LogP) is 9.43. The molecule has 0 fully saturated rings. The summed E-state index contributed by atoms with van der Waals surface area (Å²) in [5.41, 5.74) is 11.3. The van der Waals surface area contributed by atoms with Crippen molar-refractivity contribution in [3.8, 4) is 92.5 Å². The van der Waals surface area contributed by atoms with Crippen LogP contribution in [0.4, 0.5) is 4.79 Å². The second-order valence-electron chi connectivity index (χ2n) is 24.5. The number of pyridine rings is 2. The summed E-state index contributed by atoms with van der Waals surface area (Å²) in [7, 11) is -3.15. The van der Waals surface area contributed by atoms with Crippen LogP contribution in [0.5, 0.6) is 46.0 Å². The van der Waals surface area contributed by atoms with Crippen molar-refractivity contribution in [1.29, 1.82) is 21.0 Å². The van der Waals surface area contributed by atoms with Gasteiger partial charge in [-0.3, -0.25) is 19.6 Å². The van der Waals surface area contributed by atoms with Crippen LogP contribution in [0.25, 0.3) is 22.3 Å². The van der Waals surface area contributed by atoms with Crippen LogP contribution in [0.15, 0.2) is 134 Å². The van der Waals surface area contributed by atoms with Crippen LogP contribution in [0.1, 0.15) is 86.0 Å². The minimum absolute atomic E-state index is 0.0378. The number of nitrogens with one attached hydrogen (secondary N) is 4. The van der Waals surface area contributed by atoms with Crippen LogP contribution in [-0.2, 0) is 63.7 Å². The Labute approximate surface area is 608 Å². The normalized spacial score (nSPS) is 12.1. The van der Waals surface area contributed by atoms with Crippen molar-refractivity contribution < 1.29 is 75.6 Å². The molecule has 544 valence electrons. The summed E-state index contributed by atoms with van der Waals surface area (Å²) in [4.78, 5) is 43.4. The largest absolute Gasteiger partial charge is 0.488 e. The van der Waals surface area contributed by atoms with Crippen LogP contribution >= 0.6 is 0 Å². The van der Waals surface area contributed by atoms with Crippen LogP contribution < -0.4 is 59.2 Å². The molecule has 1 atom stereocenters. The summed E-state index contributed by atoms with van der Waals surface area (Å²) in [5.74, 6) is 2.26. The van der Waals surface area contributed by atoms with E-state index in [9.17, 15) is 49.0 Å². The minimum Gasteiger partial charge on any atom is -0.488 e. The van der Waals surface area contributed by atoms with Crippen molar-refractivity contribution >= 4 is 27.6 Å². The van der Waals surface area contributed by atoms with Gasteiger partial charge in [-0.25, -0.2) is 13.2 Å². The van der Waals surface area contributed by atoms with Crippen molar-refractivity contribution in [3.05, 3.63) is 201 Å². The predicted molar refractivity (Wildman–Crippen MR) is 385 cm³/mol. The molecule has 26 nitrogen and oxygen atoms in total. The molecule has 2 aliphatic heterocycles. The number of aliphatic hydroxyl groups is 1. The molecule has 4 heterocycles. The quantitative estimate of drug-likeness (QED) is 0.0201. The van der Waals surface area contributed by atoms with E-state index in [1.54, 1.807) is 30.6 Å². The van der Waals surface area contributed by atoms with E-state index in [-0.39, 0.29) is 70.5 Å². The van der Waals surface area contributed by atoms with Crippen LogP contribution in [-0.4, -0.2) is 131 Å². The van der Waals surface area contributed by atoms with E-state index in [0.29, 0.717) is 145 Å². The second kappa shape index (κ2) is 39.0. The van der Waals surface area contributed by atoms with Gasteiger partial charge in [-0.2, -0.15) is 21.0 Å². The lowest BCUT2D eigenvalue weighted by Gasteiger charge is -2.19. The number of carbonyl (C=O) groups excluding carboxylic acids is 2. The van der Waals surface area contributed by atoms with E-state index >= 15 is 0 Å². The van der Waals surface area contributed by atoms with Gasteiger partial charge >= 0.3 is 12.0 Å². The maximum Gasteiger partial charge on any atom is 0.314 e. The molecule has 0 radical (unpaired) electrons. The summed E-state index contributed by atoms with van der Waals surface area (Å²) in [6.45, 7) is 8.61. The second-order valence-corrected chi connectivity index (χ2v) is 26.7. The number of urea groups is 1. The van der Waals surface area contributed by atoms with Crippen molar-refractivity contribution in [2.75, 3.05) is 84.4 Å². The number of amides is 2. The van der Waals surface area contributed by atoms with Crippen LogP contribution in [0.3, 0.4) is 0 Å². The third kappa shape index (κ3) is 23.1. The molecule has 10 rings (SSSR count). The van der Waals surface area contributed by atoms with E-state index in [2.05, 4.69) is 55.5 Å². The van der Waals surface area contributed by atoms with E-state index in [1.165, 1.54) is 12.4 Å². The molecule has 0 saturated heterocycles. The minimum atomic E-state index is -3.15. The number of benzene rings is 6. The lowest BCUT2D eigenvalue weighted by atomic mass is 9.96. The molecule has 105 heavy (non-hydrogen) atoms. The summed E-state index contributed by atoms with van der Waals surface area (Å²) >= 11 is 0. The molecule has 0 unspecified atom stereocenters. The Morgan fingerprint density at radius 2 is 1.03 bits per heavy atom. The number of aryl methyl sites for hydroxylation is 2. The van der Waals surface area contributed by atoms with E-state index < -0.39 is 34.4 Å². The molecule has 0 spiro atoms. The van der Waals surface area contributed by atoms with E-state index in [4.69, 9.17) is 47.7 Å². The first-order chi connectivity index (χ1) is 50.9. The molecule has 8 aromatic rings. The van der Waals surface area contributed by atoms with Crippen LogP contribution in [0, 0.1) is 65.1 Å². The van der Waals surface area contributed by atoms with Crippen molar-refractivity contribution in [2.45, 2.75) is 72.6 Å². The average molecular weight is 1450 g/mol. The number of sulfone groups is 1. The van der Waals surface area contributed by atoms with Gasteiger partial charge in [0.25, 0.3) is 0 Å². The first kappa shape index (κ1) is 77.3. The Kier molecular flexibility index (Phi) is 28.7. The van der Waals surface area contributed by atoms with Gasteiger partial charge in [0.15, 0.2) is 23.0 Å². The van der Waals surface area contributed by atoms with Gasteiger partial charge in [0.05, 0.1) is 53.7 Å². The molecule has 2 aliphatic rings. The molecule has 0 saturated carbocycles. The van der Waals surface area contributed by atoms with E-state index in [1.807, 2.05) is 105 Å². The lowest BCUT2D eigenvalue weighted by Crippen LogP contribution is -2.39. The maximum atomic E-state index is 12.2. The number of Topliss-reactive ketones (excluding diaryl/α,β-unsaturated/α-hetero) is 1. The number of aliphatic carboxylic acids is 1. The SMILES string of the molecule is Cc1cc(CNCCCC(=O)C[C@@H](CO)C(=O)O)c(OCc2cncc(C#N)c2)cc1OCc1cccc(-c2ccc3c(c2)OCCO3)c1C#N.Cc1cc(CNCCOCCNC(=O)NCCS(C)(=O)=O)c(OCc2cncc(C#N)c2)cc1OCc1cccc(-c2ccc3c(c2)OCCO3)c1C#N. The molecule has 27 heteroatoms. The summed E-state index contributed by atoms with van der Waals surface area (Å²) in [5, 5.41) is 69.1. The molecule has 6 aromatic carbocycles. The summed E-state index contributed by atoms with van der Waals surface area (Å²) in [6, 6.07) is 42.0. The Hall–Kier alpha value is -11.8. The third-order valence-corrected chi connectivity index (χ3v) is 17.5. The molecule has 2 aromatic heterocycles. The van der Waals surface area contributed by atoms with Gasteiger partial charge in [0.1, 0.15) is 116 Å². The molecule has 6 N–H and O–H groups in total. The van der Waals surface area contributed by atoms with Crippen molar-refractivity contribution in [1.82, 2.24) is 31.2 Å². The first-order valence-corrected chi connectivity index (χ1v) is 35.8. The van der Waals surface area contributed by atoms with Crippen molar-refractivity contribution in [3.63, 3.8) is 0 Å². The topological polar surface area (TPSA) is 378 Å². The highest BCUT2D eigenvalue weighted by Crippen LogP contribution is 2.39. The van der Waals surface area contributed by atoms with Crippen LogP contribution in [0.2, 0.25) is 0 Å². The number of rotatable bonds is 35. The highest BCUT2D eigenvalue weighted by atomic mass is 32.2. The monoisotopic (exact) mass is 1440 g/mol. The Morgan fingerprint density at radius 1 is 0.552 bits per heavy atom. The zero-order valence-corrected chi connectivity index (χ0v) is 59.1. The third-order valence-electron chi connectivity index (χ3n) is 16.5. The Balaban J connectivity index is 0.000000244. The van der Waals surface area contributed by atoms with Gasteiger partial charge in [-0.05, 0) is 109 Å². The molecule has 0 bridgehead atoms. The number of aromatic nitrogens is 2. The number of carboxylic acids is 1. The van der Waals surface area contributed by atoms with Crippen molar-refractivity contribution in [2.24, 2.45) is 5.92 Å². The number of carboxylic acid groups (broad SMARTS) is 1. The number of fused-ring (bicyclic) bond motifs is 2. The number of hydrogen-bond donors (Lipinski definition) is 6. The van der Waals surface area contributed by atoms with Gasteiger partial charge in [-0.15, -0.1) is 0 Å². The number of ketones is 1. The standard InChI is InChI=1S/C39H42N6O8S.C39H38N4O8/c1-27-16-32(24-42-8-11-49-12-9-44-39(46)45-10-15-54(2,47)48)37(52-25-29-17-28(20-40)22-43-23-29)19-36(27)53-26-31-4-3-5-33(34(31)21-41)30-6-7-35-38(18-30)51-14-13-50-35;1-25-12-30(21-42-9-3-5-32(45)14-31(22-44)39(46)47)37(50-23-27-13-26(17-40)19-43-20-27)16-36(25)51-24-29-4-2-6-33(34(29)18-41)28-7-8-35-38(15-28)49-11-10-48-35/h3-7,16-19,22-23,42H,8-15,24-26H2,1-2H3,(H2,44,45,46);2,4,6-8,12-13,15-16,19-20,31,42,44H,3,5,9-11,14,21-24H2,1H3,(H,46,47)/t;31-/m.0/s1. The number of ether oxygens (including phenoxy) is 9. The number of hydrogen-bond acceptors (Lipinski definition) is 23. The number of nitrogens with zero attached hydrogens (tertiary/aromatic N) is 6. The summed E-state index contributed by atoms with van der Waals surface area (Å²) < 4.78 is 76.0. The highest BCUT2D eigenvalue weighted by Gasteiger charge is 2.23. The lowest BCUT2D eigenvalue weighted by molar-refractivity contribution is -0.145. The van der Waals surface area contributed by atoms with Gasteiger partial charge in [-0.1, -0.05) is 48.5 Å². The molecule has 2 amide bonds. The summed E-state index contributed by atoms with van der Waals surface area (Å²) in [6.07, 6.45) is 7.83. The number of nitriles is 4.